The molecule has 0 heterocycles. The molecule has 2 unspecified atom stereocenters. The minimum atomic E-state index is -0.123. The van der Waals surface area contributed by atoms with Crippen molar-refractivity contribution < 1.29 is 5.11 Å². The summed E-state index contributed by atoms with van der Waals surface area (Å²) in [6.45, 7) is 8.78. The lowest BCUT2D eigenvalue weighted by atomic mass is 9.71. The van der Waals surface area contributed by atoms with Crippen LogP contribution in [0, 0.1) is 18.3 Å². The van der Waals surface area contributed by atoms with Gasteiger partial charge in [0, 0.05) is 13.1 Å². The molecule has 2 nitrogen and oxygen atoms in total. The van der Waals surface area contributed by atoms with Gasteiger partial charge in [0.15, 0.2) is 0 Å². The third-order valence-electron chi connectivity index (χ3n) is 4.72. The fourth-order valence-corrected chi connectivity index (χ4v) is 3.45. The first kappa shape index (κ1) is 15.5. The molecule has 112 valence electrons. The van der Waals surface area contributed by atoms with E-state index in [9.17, 15) is 5.11 Å². The number of aryl methyl sites for hydroxylation is 1. The van der Waals surface area contributed by atoms with Gasteiger partial charge in [-0.3, -0.25) is 0 Å². The van der Waals surface area contributed by atoms with Gasteiger partial charge in [-0.15, -0.1) is 0 Å². The summed E-state index contributed by atoms with van der Waals surface area (Å²) >= 11 is 0. The van der Waals surface area contributed by atoms with E-state index >= 15 is 0 Å². The van der Waals surface area contributed by atoms with Gasteiger partial charge in [0.1, 0.15) is 0 Å². The minimum absolute atomic E-state index is 0.123. The van der Waals surface area contributed by atoms with E-state index in [4.69, 9.17) is 0 Å². The average molecular weight is 275 g/mol. The monoisotopic (exact) mass is 275 g/mol. The van der Waals surface area contributed by atoms with Crippen LogP contribution in [0.5, 0.6) is 0 Å². The van der Waals surface area contributed by atoms with Gasteiger partial charge in [-0.05, 0) is 55.7 Å². The van der Waals surface area contributed by atoms with Crippen LogP contribution in [0.4, 0.5) is 0 Å². The Hall–Kier alpha value is -0.860. The van der Waals surface area contributed by atoms with Crippen LogP contribution < -0.4 is 0 Å². The molecule has 2 atom stereocenters. The van der Waals surface area contributed by atoms with E-state index in [1.54, 1.807) is 0 Å². The van der Waals surface area contributed by atoms with Crippen LogP contribution in [0.2, 0.25) is 0 Å². The van der Waals surface area contributed by atoms with Gasteiger partial charge in [-0.25, -0.2) is 0 Å². The number of benzene rings is 1. The maximum Gasteiger partial charge on any atom is 0.0581 e. The van der Waals surface area contributed by atoms with Gasteiger partial charge in [0.2, 0.25) is 0 Å². The highest BCUT2D eigenvalue weighted by Crippen LogP contribution is 2.39. The molecule has 1 N–H and O–H groups in total. The second-order valence-corrected chi connectivity index (χ2v) is 7.36. The molecular formula is C18H29NO. The summed E-state index contributed by atoms with van der Waals surface area (Å²) in [5.74, 6) is 0.410. The van der Waals surface area contributed by atoms with Crippen LogP contribution in [0.3, 0.4) is 0 Å². The number of aliphatic hydroxyl groups is 1. The Morgan fingerprint density at radius 3 is 2.70 bits per heavy atom. The minimum Gasteiger partial charge on any atom is -0.393 e. The molecule has 0 saturated heterocycles. The average Bonchev–Trinajstić information content (AvgIpc) is 2.36. The molecule has 1 aliphatic rings. The molecule has 1 aromatic carbocycles. The van der Waals surface area contributed by atoms with Gasteiger partial charge < -0.3 is 10.0 Å². The largest absolute Gasteiger partial charge is 0.393 e. The van der Waals surface area contributed by atoms with E-state index in [-0.39, 0.29) is 6.10 Å². The van der Waals surface area contributed by atoms with Gasteiger partial charge in [0.05, 0.1) is 6.10 Å². The zero-order valence-corrected chi connectivity index (χ0v) is 13.4. The summed E-state index contributed by atoms with van der Waals surface area (Å²) in [6.07, 6.45) is 3.11. The molecule has 0 amide bonds. The van der Waals surface area contributed by atoms with Crippen molar-refractivity contribution in [2.75, 3.05) is 13.6 Å². The number of hydrogen-bond donors (Lipinski definition) is 1. The van der Waals surface area contributed by atoms with E-state index in [0.717, 1.165) is 32.4 Å². The summed E-state index contributed by atoms with van der Waals surface area (Å²) in [4.78, 5) is 2.36. The number of aliphatic hydroxyl groups excluding tert-OH is 1. The summed E-state index contributed by atoms with van der Waals surface area (Å²) < 4.78 is 0. The van der Waals surface area contributed by atoms with Crippen molar-refractivity contribution in [1.29, 1.82) is 0 Å². The van der Waals surface area contributed by atoms with Crippen LogP contribution in [-0.2, 0) is 6.54 Å². The quantitative estimate of drug-likeness (QED) is 0.907. The maximum absolute atomic E-state index is 10.2. The molecule has 0 aromatic heterocycles. The van der Waals surface area contributed by atoms with Crippen molar-refractivity contribution in [2.45, 2.75) is 52.7 Å². The van der Waals surface area contributed by atoms with E-state index < -0.39 is 0 Å². The zero-order valence-electron chi connectivity index (χ0n) is 13.4. The van der Waals surface area contributed by atoms with E-state index in [1.807, 2.05) is 0 Å². The number of rotatable bonds is 4. The van der Waals surface area contributed by atoms with Crippen LogP contribution in [-0.4, -0.2) is 29.7 Å². The third kappa shape index (κ3) is 4.07. The number of nitrogens with zero attached hydrogens (tertiary/aromatic N) is 1. The summed E-state index contributed by atoms with van der Waals surface area (Å²) in [6, 6.07) is 8.57. The molecule has 0 aliphatic heterocycles. The SMILES string of the molecule is Cc1ccccc1CN(C)CC1CC(C)(C)CCC1O. The van der Waals surface area contributed by atoms with Gasteiger partial charge >= 0.3 is 0 Å². The smallest absolute Gasteiger partial charge is 0.0581 e. The Morgan fingerprint density at radius 1 is 1.30 bits per heavy atom. The first-order chi connectivity index (χ1) is 9.37. The highest BCUT2D eigenvalue weighted by atomic mass is 16.3. The molecule has 0 bridgehead atoms. The van der Waals surface area contributed by atoms with E-state index in [1.165, 1.54) is 11.1 Å². The first-order valence-corrected chi connectivity index (χ1v) is 7.78. The van der Waals surface area contributed by atoms with Crippen molar-refractivity contribution in [3.8, 4) is 0 Å². The molecule has 1 aromatic rings. The van der Waals surface area contributed by atoms with E-state index in [0.29, 0.717) is 11.3 Å². The maximum atomic E-state index is 10.2. The second kappa shape index (κ2) is 6.28. The molecule has 20 heavy (non-hydrogen) atoms. The van der Waals surface area contributed by atoms with Crippen LogP contribution in [0.15, 0.2) is 24.3 Å². The molecule has 0 spiro atoms. The third-order valence-corrected chi connectivity index (χ3v) is 4.72. The Balaban J connectivity index is 1.94. The van der Waals surface area contributed by atoms with Crippen molar-refractivity contribution in [2.24, 2.45) is 11.3 Å². The molecule has 1 fully saturated rings. The van der Waals surface area contributed by atoms with Crippen molar-refractivity contribution in [3.05, 3.63) is 35.4 Å². The van der Waals surface area contributed by atoms with Crippen LogP contribution >= 0.6 is 0 Å². The van der Waals surface area contributed by atoms with Crippen molar-refractivity contribution in [3.63, 3.8) is 0 Å². The lowest BCUT2D eigenvalue weighted by Crippen LogP contribution is -2.39. The molecular weight excluding hydrogens is 246 g/mol. The number of hydrogen-bond acceptors (Lipinski definition) is 2. The Bertz CT molecular complexity index is 441. The predicted octanol–water partition coefficient (Wildman–Crippen LogP) is 3.61. The fourth-order valence-electron chi connectivity index (χ4n) is 3.45. The standard InChI is InChI=1S/C18H29NO/c1-14-7-5-6-8-15(14)12-19(4)13-16-11-18(2,3)10-9-17(16)20/h5-8,16-17,20H,9-13H2,1-4H3. The lowest BCUT2D eigenvalue weighted by molar-refractivity contribution is 0.00672. The van der Waals surface area contributed by atoms with Crippen molar-refractivity contribution >= 4 is 0 Å². The molecule has 1 saturated carbocycles. The Kier molecular flexibility index (Phi) is 4.87. The first-order valence-electron chi connectivity index (χ1n) is 7.78. The molecule has 2 heteroatoms. The van der Waals surface area contributed by atoms with Crippen molar-refractivity contribution in [1.82, 2.24) is 4.90 Å². The summed E-state index contributed by atoms with van der Waals surface area (Å²) in [5.41, 5.74) is 3.12. The predicted molar refractivity (Wildman–Crippen MR) is 84.6 cm³/mol. The summed E-state index contributed by atoms with van der Waals surface area (Å²) in [7, 11) is 2.17. The molecule has 2 rings (SSSR count). The fraction of sp³-hybridized carbons (Fsp3) is 0.667. The molecule has 0 radical (unpaired) electrons. The van der Waals surface area contributed by atoms with Gasteiger partial charge in [0.25, 0.3) is 0 Å². The zero-order chi connectivity index (χ0) is 14.8. The highest BCUT2D eigenvalue weighted by Gasteiger charge is 2.34. The topological polar surface area (TPSA) is 23.5 Å². The van der Waals surface area contributed by atoms with Gasteiger partial charge in [-0.1, -0.05) is 38.1 Å². The van der Waals surface area contributed by atoms with Gasteiger partial charge in [-0.2, -0.15) is 0 Å². The highest BCUT2D eigenvalue weighted by molar-refractivity contribution is 5.25. The normalized spacial score (nSPS) is 25.9. The second-order valence-electron chi connectivity index (χ2n) is 7.36. The Morgan fingerprint density at radius 2 is 2.00 bits per heavy atom. The summed E-state index contributed by atoms with van der Waals surface area (Å²) in [5, 5.41) is 10.2. The van der Waals surface area contributed by atoms with E-state index in [2.05, 4.69) is 57.0 Å². The lowest BCUT2D eigenvalue weighted by Gasteiger charge is -2.40. The Labute approximate surface area is 123 Å². The van der Waals surface area contributed by atoms with Crippen LogP contribution in [0.25, 0.3) is 0 Å². The van der Waals surface area contributed by atoms with Crippen LogP contribution in [0.1, 0.15) is 44.2 Å². The molecule has 1 aliphatic carbocycles.